The third-order valence-electron chi connectivity index (χ3n) is 2.79. The van der Waals surface area contributed by atoms with Crippen molar-refractivity contribution in [3.8, 4) is 0 Å². The Balaban J connectivity index is 2.24. The summed E-state index contributed by atoms with van der Waals surface area (Å²) in [6.07, 6.45) is 1.54. The highest BCUT2D eigenvalue weighted by Gasteiger charge is 2.13. The Bertz CT molecular complexity index is 406. The van der Waals surface area contributed by atoms with E-state index in [1.54, 1.807) is 7.05 Å². The van der Waals surface area contributed by atoms with E-state index in [0.717, 1.165) is 5.56 Å². The minimum atomic E-state index is -0.553. The summed E-state index contributed by atoms with van der Waals surface area (Å²) in [5.74, 6) is -0.205. The maximum atomic E-state index is 11.7. The van der Waals surface area contributed by atoms with Gasteiger partial charge in [0.1, 0.15) is 0 Å². The average Bonchev–Trinajstić information content (AvgIpc) is 2.44. The number of carbonyl (C=O) groups excluding carboxylic acids is 2. The molecule has 1 unspecified atom stereocenters. The van der Waals surface area contributed by atoms with Crippen LogP contribution in [0.4, 0.5) is 0 Å². The van der Waals surface area contributed by atoms with Crippen LogP contribution in [0.3, 0.4) is 0 Å². The zero-order valence-electron chi connectivity index (χ0n) is 11.2. The zero-order valence-corrected chi connectivity index (χ0v) is 11.2. The monoisotopic (exact) mass is 263 g/mol. The first-order valence-corrected chi connectivity index (χ1v) is 6.41. The minimum absolute atomic E-state index is 0.0252. The number of carbonyl (C=O) groups is 2. The Labute approximate surface area is 113 Å². The number of hydrogen-bond donors (Lipinski definition) is 3. The van der Waals surface area contributed by atoms with Crippen LogP contribution >= 0.6 is 0 Å². The normalized spacial score (nSPS) is 11.7. The summed E-state index contributed by atoms with van der Waals surface area (Å²) in [5, 5.41) is 5.27. The number of rotatable bonds is 7. The van der Waals surface area contributed by atoms with Crippen molar-refractivity contribution in [3.05, 3.63) is 35.9 Å². The largest absolute Gasteiger partial charge is 0.359 e. The van der Waals surface area contributed by atoms with Crippen LogP contribution in [0.15, 0.2) is 30.3 Å². The Hall–Kier alpha value is -1.88. The molecule has 0 aromatic heterocycles. The van der Waals surface area contributed by atoms with Crippen LogP contribution in [0.5, 0.6) is 0 Å². The zero-order chi connectivity index (χ0) is 14.1. The molecule has 0 bridgehead atoms. The van der Waals surface area contributed by atoms with Crippen LogP contribution in [0, 0.1) is 0 Å². The molecule has 0 fully saturated rings. The molecule has 0 spiro atoms. The van der Waals surface area contributed by atoms with Gasteiger partial charge < -0.3 is 16.4 Å². The fourth-order valence-electron chi connectivity index (χ4n) is 1.68. The molecule has 0 saturated heterocycles. The third kappa shape index (κ3) is 6.01. The van der Waals surface area contributed by atoms with Crippen molar-refractivity contribution in [2.75, 3.05) is 13.6 Å². The predicted molar refractivity (Wildman–Crippen MR) is 74.4 cm³/mol. The number of hydrogen-bond acceptors (Lipinski definition) is 3. The lowest BCUT2D eigenvalue weighted by atomic mass is 10.1. The molecule has 0 saturated carbocycles. The van der Waals surface area contributed by atoms with Crippen LogP contribution in [0.25, 0.3) is 0 Å². The molecule has 0 heterocycles. The van der Waals surface area contributed by atoms with Crippen LogP contribution in [-0.4, -0.2) is 31.4 Å². The van der Waals surface area contributed by atoms with Gasteiger partial charge in [0.15, 0.2) is 0 Å². The van der Waals surface area contributed by atoms with Crippen molar-refractivity contribution in [1.82, 2.24) is 10.6 Å². The van der Waals surface area contributed by atoms with Gasteiger partial charge in [0.05, 0.1) is 6.04 Å². The Morgan fingerprint density at radius 3 is 2.58 bits per heavy atom. The highest BCUT2D eigenvalue weighted by molar-refractivity contribution is 5.81. The molecule has 0 radical (unpaired) electrons. The van der Waals surface area contributed by atoms with Gasteiger partial charge in [-0.25, -0.2) is 0 Å². The predicted octanol–water partition coefficient (Wildman–Crippen LogP) is 0.199. The fourth-order valence-corrected chi connectivity index (χ4v) is 1.68. The van der Waals surface area contributed by atoms with E-state index in [4.69, 9.17) is 5.73 Å². The number of nitrogens with one attached hydrogen (secondary N) is 2. The van der Waals surface area contributed by atoms with E-state index in [2.05, 4.69) is 10.6 Å². The second-order valence-corrected chi connectivity index (χ2v) is 4.36. The second kappa shape index (κ2) is 8.26. The van der Waals surface area contributed by atoms with Crippen molar-refractivity contribution < 1.29 is 9.59 Å². The summed E-state index contributed by atoms with van der Waals surface area (Å²) in [5.41, 5.74) is 6.86. The molecule has 5 nitrogen and oxygen atoms in total. The lowest BCUT2D eigenvalue weighted by molar-refractivity contribution is -0.123. The Morgan fingerprint density at radius 2 is 1.95 bits per heavy atom. The number of nitrogens with two attached hydrogens (primary N) is 1. The molecule has 0 aliphatic rings. The van der Waals surface area contributed by atoms with E-state index in [1.165, 1.54) is 0 Å². The van der Waals surface area contributed by atoms with Gasteiger partial charge in [-0.05, 0) is 18.4 Å². The molecule has 0 aliphatic carbocycles. The van der Waals surface area contributed by atoms with Crippen LogP contribution in [0.1, 0.15) is 18.4 Å². The minimum Gasteiger partial charge on any atom is -0.359 e. The highest BCUT2D eigenvalue weighted by Crippen LogP contribution is 2.01. The van der Waals surface area contributed by atoms with Gasteiger partial charge in [0.25, 0.3) is 0 Å². The van der Waals surface area contributed by atoms with E-state index in [9.17, 15) is 9.59 Å². The van der Waals surface area contributed by atoms with Crippen molar-refractivity contribution in [1.29, 1.82) is 0 Å². The van der Waals surface area contributed by atoms with Gasteiger partial charge >= 0.3 is 0 Å². The topological polar surface area (TPSA) is 84.2 Å². The lowest BCUT2D eigenvalue weighted by Crippen LogP contribution is -2.42. The van der Waals surface area contributed by atoms with Gasteiger partial charge in [-0.15, -0.1) is 0 Å². The van der Waals surface area contributed by atoms with E-state index >= 15 is 0 Å². The summed E-state index contributed by atoms with van der Waals surface area (Å²) in [6, 6.07) is 9.10. The molecule has 5 heteroatoms. The van der Waals surface area contributed by atoms with Gasteiger partial charge in [0.2, 0.25) is 11.8 Å². The third-order valence-corrected chi connectivity index (χ3v) is 2.79. The Kier molecular flexibility index (Phi) is 6.60. The molecule has 104 valence electrons. The first-order chi connectivity index (χ1) is 9.13. The lowest BCUT2D eigenvalue weighted by Gasteiger charge is -2.12. The van der Waals surface area contributed by atoms with Gasteiger partial charge in [-0.2, -0.15) is 0 Å². The first-order valence-electron chi connectivity index (χ1n) is 6.41. The van der Waals surface area contributed by atoms with Crippen LogP contribution < -0.4 is 16.4 Å². The SMILES string of the molecule is CNC(=O)CCCNC(=O)C(N)Cc1ccccc1. The first kappa shape index (κ1) is 15.2. The smallest absolute Gasteiger partial charge is 0.237 e. The molecule has 1 aromatic rings. The van der Waals surface area contributed by atoms with Crippen molar-refractivity contribution in [2.45, 2.75) is 25.3 Å². The maximum Gasteiger partial charge on any atom is 0.237 e. The van der Waals surface area contributed by atoms with Crippen molar-refractivity contribution >= 4 is 11.8 Å². The number of amides is 2. The standard InChI is InChI=1S/C14H21N3O2/c1-16-13(18)8-5-9-17-14(19)12(15)10-11-6-3-2-4-7-11/h2-4,6-7,12H,5,8-10,15H2,1H3,(H,16,18)(H,17,19). The van der Waals surface area contributed by atoms with Crippen LogP contribution in [-0.2, 0) is 16.0 Å². The van der Waals surface area contributed by atoms with Gasteiger partial charge in [0, 0.05) is 20.0 Å². The molecular formula is C14H21N3O2. The maximum absolute atomic E-state index is 11.7. The molecular weight excluding hydrogens is 242 g/mol. The summed E-state index contributed by atoms with van der Waals surface area (Å²) < 4.78 is 0. The second-order valence-electron chi connectivity index (χ2n) is 4.36. The Morgan fingerprint density at radius 1 is 1.26 bits per heavy atom. The van der Waals surface area contributed by atoms with E-state index in [-0.39, 0.29) is 11.8 Å². The summed E-state index contributed by atoms with van der Waals surface area (Å²) in [6.45, 7) is 0.467. The quantitative estimate of drug-likeness (QED) is 0.614. The highest BCUT2D eigenvalue weighted by atomic mass is 16.2. The molecule has 2 amide bonds. The van der Waals surface area contributed by atoms with E-state index in [1.807, 2.05) is 30.3 Å². The molecule has 4 N–H and O–H groups in total. The van der Waals surface area contributed by atoms with Crippen molar-refractivity contribution in [2.24, 2.45) is 5.73 Å². The van der Waals surface area contributed by atoms with Crippen LogP contribution in [0.2, 0.25) is 0 Å². The van der Waals surface area contributed by atoms with Gasteiger partial charge in [-0.1, -0.05) is 30.3 Å². The molecule has 19 heavy (non-hydrogen) atoms. The number of benzene rings is 1. The summed E-state index contributed by atoms with van der Waals surface area (Å²) in [7, 11) is 1.59. The van der Waals surface area contributed by atoms with E-state index < -0.39 is 6.04 Å². The molecule has 1 atom stereocenters. The van der Waals surface area contributed by atoms with Gasteiger partial charge in [-0.3, -0.25) is 9.59 Å². The average molecular weight is 263 g/mol. The molecule has 1 aromatic carbocycles. The summed E-state index contributed by atoms with van der Waals surface area (Å²) >= 11 is 0. The summed E-state index contributed by atoms with van der Waals surface area (Å²) in [4.78, 5) is 22.7. The fraction of sp³-hybridized carbons (Fsp3) is 0.429. The van der Waals surface area contributed by atoms with E-state index in [0.29, 0.717) is 25.8 Å². The molecule has 0 aliphatic heterocycles. The van der Waals surface area contributed by atoms with Crippen molar-refractivity contribution in [3.63, 3.8) is 0 Å². The molecule has 1 rings (SSSR count).